The van der Waals surface area contributed by atoms with E-state index in [2.05, 4.69) is 29.2 Å². The molecule has 0 bridgehead atoms. The van der Waals surface area contributed by atoms with E-state index in [1.807, 2.05) is 0 Å². The highest BCUT2D eigenvalue weighted by atomic mass is 16.3. The van der Waals surface area contributed by atoms with E-state index in [0.29, 0.717) is 0 Å². The average Bonchev–Trinajstić information content (AvgIpc) is 2.81. The minimum Gasteiger partial charge on any atom is -0.388 e. The lowest BCUT2D eigenvalue weighted by atomic mass is 10.0. The predicted octanol–water partition coefficient (Wildman–Crippen LogP) is 1.24. The summed E-state index contributed by atoms with van der Waals surface area (Å²) in [5.41, 5.74) is 8.14. The number of fused-ring (bicyclic) bond motifs is 1. The second-order valence-corrected chi connectivity index (χ2v) is 5.64. The molecule has 3 rings (SSSR count). The van der Waals surface area contributed by atoms with Crippen LogP contribution in [0.2, 0.25) is 0 Å². The van der Waals surface area contributed by atoms with Crippen molar-refractivity contribution in [1.82, 2.24) is 4.90 Å². The van der Waals surface area contributed by atoms with Crippen molar-refractivity contribution in [2.45, 2.75) is 44.0 Å². The van der Waals surface area contributed by atoms with Crippen LogP contribution in [-0.2, 0) is 13.1 Å². The van der Waals surface area contributed by atoms with Crippen LogP contribution in [0.15, 0.2) is 24.3 Å². The number of β-amino-alcohol motifs (C(OH)–C–C–N with tert-alkyl or cyclic N) is 1. The second-order valence-electron chi connectivity index (χ2n) is 5.64. The Morgan fingerprint density at radius 2 is 1.94 bits per heavy atom. The molecule has 2 unspecified atom stereocenters. The lowest BCUT2D eigenvalue weighted by Gasteiger charge is -2.28. The summed E-state index contributed by atoms with van der Waals surface area (Å²) in [6, 6.07) is 8.72. The second kappa shape index (κ2) is 4.09. The van der Waals surface area contributed by atoms with Crippen LogP contribution in [0.5, 0.6) is 0 Å². The Bertz CT molecular complexity index is 395. The molecule has 1 aromatic carbocycles. The zero-order valence-electron chi connectivity index (χ0n) is 10.1. The first-order valence-corrected chi connectivity index (χ1v) is 6.42. The Morgan fingerprint density at radius 3 is 2.47 bits per heavy atom. The van der Waals surface area contributed by atoms with E-state index in [9.17, 15) is 5.11 Å². The van der Waals surface area contributed by atoms with Crippen molar-refractivity contribution in [2.75, 3.05) is 6.54 Å². The molecule has 3 heteroatoms. The van der Waals surface area contributed by atoms with Crippen LogP contribution in [0.3, 0.4) is 0 Å². The molecule has 1 fully saturated rings. The van der Waals surface area contributed by atoms with Gasteiger partial charge in [-0.25, -0.2) is 0 Å². The van der Waals surface area contributed by atoms with Gasteiger partial charge in [0.05, 0.1) is 5.60 Å². The molecule has 1 saturated carbocycles. The molecule has 0 radical (unpaired) electrons. The molecule has 0 spiro atoms. The van der Waals surface area contributed by atoms with Crippen LogP contribution in [0.25, 0.3) is 0 Å². The highest BCUT2D eigenvalue weighted by Gasteiger charge is 2.38. The molecule has 1 heterocycles. The fourth-order valence-corrected chi connectivity index (χ4v) is 3.22. The fraction of sp³-hybridized carbons (Fsp3) is 0.571. The van der Waals surface area contributed by atoms with E-state index in [1.54, 1.807) is 0 Å². The van der Waals surface area contributed by atoms with Crippen LogP contribution >= 0.6 is 0 Å². The Kier molecular flexibility index (Phi) is 2.69. The highest BCUT2D eigenvalue weighted by Crippen LogP contribution is 2.32. The van der Waals surface area contributed by atoms with Gasteiger partial charge in [-0.05, 0) is 30.4 Å². The molecule has 92 valence electrons. The number of nitrogens with two attached hydrogens (primary N) is 1. The summed E-state index contributed by atoms with van der Waals surface area (Å²) in [5.74, 6) is 0. The number of rotatable bonds is 2. The molecule has 1 aliphatic heterocycles. The summed E-state index contributed by atoms with van der Waals surface area (Å²) >= 11 is 0. The van der Waals surface area contributed by atoms with E-state index < -0.39 is 5.60 Å². The summed E-state index contributed by atoms with van der Waals surface area (Å²) in [7, 11) is 0. The summed E-state index contributed by atoms with van der Waals surface area (Å²) in [4.78, 5) is 2.34. The normalized spacial score (nSPS) is 32.9. The zero-order valence-corrected chi connectivity index (χ0v) is 10.1. The van der Waals surface area contributed by atoms with Crippen LogP contribution in [0.1, 0.15) is 30.4 Å². The number of nitrogens with zero attached hydrogens (tertiary/aromatic N) is 1. The molecule has 17 heavy (non-hydrogen) atoms. The third-order valence-electron chi connectivity index (χ3n) is 4.05. The molecular formula is C14H20N2O. The van der Waals surface area contributed by atoms with Crippen LogP contribution in [-0.4, -0.2) is 28.2 Å². The van der Waals surface area contributed by atoms with Crippen molar-refractivity contribution >= 4 is 0 Å². The monoisotopic (exact) mass is 232 g/mol. The van der Waals surface area contributed by atoms with Gasteiger partial charge in [0, 0.05) is 25.7 Å². The van der Waals surface area contributed by atoms with Crippen molar-refractivity contribution in [3.63, 3.8) is 0 Å². The summed E-state index contributed by atoms with van der Waals surface area (Å²) < 4.78 is 0. The molecule has 0 saturated heterocycles. The van der Waals surface area contributed by atoms with Gasteiger partial charge in [-0.15, -0.1) is 0 Å². The Morgan fingerprint density at radius 1 is 1.29 bits per heavy atom. The highest BCUT2D eigenvalue weighted by molar-refractivity contribution is 5.30. The van der Waals surface area contributed by atoms with E-state index in [0.717, 1.165) is 38.9 Å². The van der Waals surface area contributed by atoms with Crippen molar-refractivity contribution in [2.24, 2.45) is 5.73 Å². The summed E-state index contributed by atoms with van der Waals surface area (Å²) in [5, 5.41) is 10.5. The SMILES string of the molecule is NC1CCC(O)(CN2Cc3ccccc3C2)C1. The summed E-state index contributed by atoms with van der Waals surface area (Å²) in [6.45, 7) is 2.69. The van der Waals surface area contributed by atoms with E-state index >= 15 is 0 Å². The van der Waals surface area contributed by atoms with Crippen LogP contribution in [0, 0.1) is 0 Å². The van der Waals surface area contributed by atoms with E-state index in [-0.39, 0.29) is 6.04 Å². The fourth-order valence-electron chi connectivity index (χ4n) is 3.22. The quantitative estimate of drug-likeness (QED) is 0.806. The van der Waals surface area contributed by atoms with Gasteiger partial charge >= 0.3 is 0 Å². The number of benzene rings is 1. The van der Waals surface area contributed by atoms with Gasteiger partial charge in [0.15, 0.2) is 0 Å². The van der Waals surface area contributed by atoms with Crippen molar-refractivity contribution in [1.29, 1.82) is 0 Å². The maximum atomic E-state index is 10.5. The molecule has 2 aliphatic rings. The Labute approximate surface area is 102 Å². The third-order valence-corrected chi connectivity index (χ3v) is 4.05. The molecule has 0 amide bonds. The number of hydrogen-bond acceptors (Lipinski definition) is 3. The Balaban J connectivity index is 1.66. The minimum atomic E-state index is -0.554. The topological polar surface area (TPSA) is 49.5 Å². The van der Waals surface area contributed by atoms with Gasteiger partial charge in [-0.2, -0.15) is 0 Å². The van der Waals surface area contributed by atoms with Gasteiger partial charge in [0.25, 0.3) is 0 Å². The first-order chi connectivity index (χ1) is 8.15. The maximum Gasteiger partial charge on any atom is 0.0789 e. The molecule has 3 N–H and O–H groups in total. The lowest BCUT2D eigenvalue weighted by molar-refractivity contribution is 0.00713. The first kappa shape index (κ1) is 11.2. The standard InChI is InChI=1S/C14H20N2O/c15-13-5-6-14(17,7-13)10-16-8-11-3-1-2-4-12(11)9-16/h1-4,13,17H,5-10,15H2. The zero-order chi connectivity index (χ0) is 11.9. The molecule has 3 nitrogen and oxygen atoms in total. The van der Waals surface area contributed by atoms with E-state index in [1.165, 1.54) is 11.1 Å². The van der Waals surface area contributed by atoms with Gasteiger partial charge < -0.3 is 10.8 Å². The molecule has 2 atom stereocenters. The van der Waals surface area contributed by atoms with Crippen LogP contribution < -0.4 is 5.73 Å². The van der Waals surface area contributed by atoms with Gasteiger partial charge in [-0.3, -0.25) is 4.90 Å². The van der Waals surface area contributed by atoms with Crippen molar-refractivity contribution < 1.29 is 5.11 Å². The van der Waals surface area contributed by atoms with Crippen molar-refractivity contribution in [3.05, 3.63) is 35.4 Å². The number of hydrogen-bond donors (Lipinski definition) is 2. The molecular weight excluding hydrogens is 212 g/mol. The molecule has 1 aromatic rings. The largest absolute Gasteiger partial charge is 0.388 e. The molecule has 1 aliphatic carbocycles. The van der Waals surface area contributed by atoms with E-state index in [4.69, 9.17) is 5.73 Å². The van der Waals surface area contributed by atoms with Gasteiger partial charge in [0.2, 0.25) is 0 Å². The van der Waals surface area contributed by atoms with Gasteiger partial charge in [0.1, 0.15) is 0 Å². The minimum absolute atomic E-state index is 0.185. The number of aliphatic hydroxyl groups is 1. The Hall–Kier alpha value is -0.900. The third kappa shape index (κ3) is 2.23. The van der Waals surface area contributed by atoms with Crippen LogP contribution in [0.4, 0.5) is 0 Å². The first-order valence-electron chi connectivity index (χ1n) is 6.42. The smallest absolute Gasteiger partial charge is 0.0789 e. The predicted molar refractivity (Wildman–Crippen MR) is 67.3 cm³/mol. The molecule has 0 aromatic heterocycles. The van der Waals surface area contributed by atoms with Crippen molar-refractivity contribution in [3.8, 4) is 0 Å². The van der Waals surface area contributed by atoms with Gasteiger partial charge in [-0.1, -0.05) is 24.3 Å². The lowest BCUT2D eigenvalue weighted by Crippen LogP contribution is -2.40. The average molecular weight is 232 g/mol. The maximum absolute atomic E-state index is 10.5. The summed E-state index contributed by atoms with van der Waals surface area (Å²) in [6.07, 6.45) is 2.55.